The van der Waals surface area contributed by atoms with Crippen LogP contribution in [0.2, 0.25) is 0 Å². The quantitative estimate of drug-likeness (QED) is 0.863. The summed E-state index contributed by atoms with van der Waals surface area (Å²) in [5, 5.41) is 2.74. The Morgan fingerprint density at radius 3 is 2.62 bits per heavy atom. The van der Waals surface area contributed by atoms with Crippen LogP contribution in [0.15, 0.2) is 0 Å². The lowest BCUT2D eigenvalue weighted by atomic mass is 10.3. The van der Waals surface area contributed by atoms with Crippen molar-refractivity contribution in [3.8, 4) is 0 Å². The molecule has 1 aromatic rings. The molecule has 0 bridgehead atoms. The first kappa shape index (κ1) is 13.2. The van der Waals surface area contributed by atoms with Crippen molar-refractivity contribution in [2.75, 3.05) is 18.1 Å². The molecule has 1 N–H and O–H groups in total. The highest BCUT2D eigenvalue weighted by atomic mass is 32.2. The van der Waals surface area contributed by atoms with Gasteiger partial charge in [0.1, 0.15) is 5.82 Å². The summed E-state index contributed by atoms with van der Waals surface area (Å²) in [5.41, 5.74) is 0.402. The summed E-state index contributed by atoms with van der Waals surface area (Å²) in [6.07, 6.45) is 0. The predicted molar refractivity (Wildman–Crippen MR) is 67.3 cm³/mol. The van der Waals surface area contributed by atoms with Crippen LogP contribution in [0.5, 0.6) is 0 Å². The van der Waals surface area contributed by atoms with Gasteiger partial charge < -0.3 is 5.32 Å². The fraction of sp³-hybridized carbons (Fsp3) is 0.636. The van der Waals surface area contributed by atoms with Crippen LogP contribution >= 0.6 is 11.8 Å². The molecular formula is C11H18FN3S. The molecule has 0 atom stereocenters. The number of aromatic nitrogens is 2. The average molecular weight is 243 g/mol. The number of hydrogen-bond acceptors (Lipinski definition) is 4. The van der Waals surface area contributed by atoms with E-state index in [9.17, 15) is 4.39 Å². The van der Waals surface area contributed by atoms with E-state index in [1.54, 1.807) is 25.7 Å². The maximum atomic E-state index is 13.4. The lowest BCUT2D eigenvalue weighted by Crippen LogP contribution is -2.05. The Bertz CT molecular complexity index is 355. The highest BCUT2D eigenvalue weighted by Crippen LogP contribution is 2.17. The zero-order valence-corrected chi connectivity index (χ0v) is 11.0. The summed E-state index contributed by atoms with van der Waals surface area (Å²) in [6.45, 7) is 6.00. The van der Waals surface area contributed by atoms with Gasteiger partial charge in [0.05, 0.1) is 11.4 Å². The topological polar surface area (TPSA) is 37.8 Å². The maximum Gasteiger partial charge on any atom is 0.186 e. The first-order valence-corrected chi connectivity index (χ1v) is 6.48. The Kier molecular flexibility index (Phi) is 4.99. The van der Waals surface area contributed by atoms with E-state index in [0.717, 1.165) is 11.5 Å². The van der Waals surface area contributed by atoms with Crippen molar-refractivity contribution < 1.29 is 4.39 Å². The van der Waals surface area contributed by atoms with Crippen molar-refractivity contribution in [1.82, 2.24) is 9.97 Å². The number of anilines is 1. The second-order valence-corrected chi connectivity index (χ2v) is 5.08. The van der Waals surface area contributed by atoms with Crippen molar-refractivity contribution in [2.45, 2.75) is 26.5 Å². The molecule has 0 aromatic carbocycles. The third-order valence-corrected chi connectivity index (χ3v) is 3.35. The summed E-state index contributed by atoms with van der Waals surface area (Å²) in [6, 6.07) is 0. The molecule has 1 heterocycles. The zero-order valence-electron chi connectivity index (χ0n) is 10.2. The van der Waals surface area contributed by atoms with Gasteiger partial charge in [0.2, 0.25) is 0 Å². The van der Waals surface area contributed by atoms with Crippen LogP contribution in [-0.2, 0) is 5.75 Å². The van der Waals surface area contributed by atoms with Crippen molar-refractivity contribution in [3.63, 3.8) is 0 Å². The van der Waals surface area contributed by atoms with Gasteiger partial charge in [-0.05, 0) is 18.6 Å². The second kappa shape index (κ2) is 6.03. The first-order chi connectivity index (χ1) is 7.54. The molecule has 0 aliphatic heterocycles. The Balaban J connectivity index is 2.70. The van der Waals surface area contributed by atoms with E-state index in [4.69, 9.17) is 0 Å². The van der Waals surface area contributed by atoms with Crippen LogP contribution in [0, 0.1) is 18.7 Å². The molecule has 0 saturated carbocycles. The van der Waals surface area contributed by atoms with Gasteiger partial charge in [-0.15, -0.1) is 0 Å². The van der Waals surface area contributed by atoms with E-state index in [-0.39, 0.29) is 11.6 Å². The molecule has 90 valence electrons. The zero-order chi connectivity index (χ0) is 12.1. The summed E-state index contributed by atoms with van der Waals surface area (Å²) in [5.74, 6) is 3.06. The van der Waals surface area contributed by atoms with Gasteiger partial charge in [-0.2, -0.15) is 11.8 Å². The molecular weight excluding hydrogens is 225 g/mol. The fourth-order valence-corrected chi connectivity index (χ4v) is 2.13. The Morgan fingerprint density at radius 2 is 2.06 bits per heavy atom. The van der Waals surface area contributed by atoms with Gasteiger partial charge >= 0.3 is 0 Å². The number of rotatable bonds is 5. The highest BCUT2D eigenvalue weighted by Gasteiger charge is 2.10. The van der Waals surface area contributed by atoms with Gasteiger partial charge in [-0.3, -0.25) is 0 Å². The fourth-order valence-electron chi connectivity index (χ4n) is 1.23. The molecule has 0 saturated heterocycles. The maximum absolute atomic E-state index is 13.4. The van der Waals surface area contributed by atoms with Crippen molar-refractivity contribution in [1.29, 1.82) is 0 Å². The molecule has 0 aliphatic rings. The molecule has 0 aliphatic carbocycles. The number of aryl methyl sites for hydroxylation is 1. The third kappa shape index (κ3) is 3.63. The minimum Gasteiger partial charge on any atom is -0.371 e. The van der Waals surface area contributed by atoms with Gasteiger partial charge in [-0.25, -0.2) is 14.4 Å². The summed E-state index contributed by atoms with van der Waals surface area (Å²) < 4.78 is 13.4. The predicted octanol–water partition coefficient (Wildman–Crippen LogP) is 2.86. The molecule has 0 amide bonds. The molecule has 16 heavy (non-hydrogen) atoms. The average Bonchev–Trinajstić information content (AvgIpc) is 2.22. The lowest BCUT2D eigenvalue weighted by Gasteiger charge is -2.08. The molecule has 0 unspecified atom stereocenters. The number of thioether (sulfide) groups is 1. The number of halogens is 1. The number of nitrogens with zero attached hydrogens (tertiary/aromatic N) is 2. The van der Waals surface area contributed by atoms with E-state index in [0.29, 0.717) is 17.4 Å². The van der Waals surface area contributed by atoms with Crippen molar-refractivity contribution in [3.05, 3.63) is 17.3 Å². The van der Waals surface area contributed by atoms with Gasteiger partial charge in [0.15, 0.2) is 11.6 Å². The van der Waals surface area contributed by atoms with E-state index < -0.39 is 0 Å². The highest BCUT2D eigenvalue weighted by molar-refractivity contribution is 7.98. The van der Waals surface area contributed by atoms with Crippen LogP contribution in [-0.4, -0.2) is 22.8 Å². The molecule has 1 aromatic heterocycles. The standard InChI is InChI=1S/C11H18FN3S/c1-7(2)5-16-6-9-14-8(3)10(12)11(13-4)15-9/h7H,5-6H2,1-4H3,(H,13,14,15). The first-order valence-electron chi connectivity index (χ1n) is 5.33. The number of hydrogen-bond donors (Lipinski definition) is 1. The largest absolute Gasteiger partial charge is 0.371 e. The van der Waals surface area contributed by atoms with E-state index in [1.807, 2.05) is 0 Å². The molecule has 0 spiro atoms. The Morgan fingerprint density at radius 1 is 1.38 bits per heavy atom. The Labute approximate surface area is 100 Å². The minimum atomic E-state index is -0.361. The smallest absolute Gasteiger partial charge is 0.186 e. The molecule has 5 heteroatoms. The molecule has 0 fully saturated rings. The Hall–Kier alpha value is -0.840. The summed E-state index contributed by atoms with van der Waals surface area (Å²) >= 11 is 1.77. The monoisotopic (exact) mass is 243 g/mol. The van der Waals surface area contributed by atoms with Gasteiger partial charge in [0, 0.05) is 7.05 Å². The lowest BCUT2D eigenvalue weighted by molar-refractivity contribution is 0.603. The second-order valence-electron chi connectivity index (χ2n) is 4.05. The summed E-state index contributed by atoms with van der Waals surface area (Å²) in [7, 11) is 1.66. The molecule has 1 rings (SSSR count). The van der Waals surface area contributed by atoms with Crippen LogP contribution in [0.3, 0.4) is 0 Å². The third-order valence-electron chi connectivity index (χ3n) is 1.98. The molecule has 3 nitrogen and oxygen atoms in total. The SMILES string of the molecule is CNc1nc(CSCC(C)C)nc(C)c1F. The van der Waals surface area contributed by atoms with Crippen LogP contribution in [0.4, 0.5) is 10.2 Å². The van der Waals surface area contributed by atoms with Crippen LogP contribution in [0.25, 0.3) is 0 Å². The minimum absolute atomic E-state index is 0.285. The van der Waals surface area contributed by atoms with Crippen LogP contribution in [0.1, 0.15) is 25.4 Å². The van der Waals surface area contributed by atoms with E-state index in [1.165, 1.54) is 0 Å². The van der Waals surface area contributed by atoms with Crippen molar-refractivity contribution in [2.24, 2.45) is 5.92 Å². The van der Waals surface area contributed by atoms with Crippen molar-refractivity contribution >= 4 is 17.6 Å². The number of nitrogens with one attached hydrogen (secondary N) is 1. The van der Waals surface area contributed by atoms with E-state index in [2.05, 4.69) is 29.1 Å². The summed E-state index contributed by atoms with van der Waals surface area (Å²) in [4.78, 5) is 8.26. The molecule has 0 radical (unpaired) electrons. The van der Waals surface area contributed by atoms with Gasteiger partial charge in [-0.1, -0.05) is 13.8 Å². The normalized spacial score (nSPS) is 10.9. The van der Waals surface area contributed by atoms with Gasteiger partial charge in [0.25, 0.3) is 0 Å². The van der Waals surface area contributed by atoms with E-state index >= 15 is 0 Å². The van der Waals surface area contributed by atoms with Crippen LogP contribution < -0.4 is 5.32 Å².